The molecule has 0 atom stereocenters. The molecule has 0 saturated carbocycles. The Morgan fingerprint density at radius 2 is 2.36 bits per heavy atom. The summed E-state index contributed by atoms with van der Waals surface area (Å²) in [6.45, 7) is 1.28. The lowest BCUT2D eigenvalue weighted by Gasteiger charge is -2.03. The van der Waals surface area contributed by atoms with Crippen LogP contribution in [0.25, 0.3) is 0 Å². The molecule has 0 unspecified atom stereocenters. The second-order valence-electron chi connectivity index (χ2n) is 2.65. The fraction of sp³-hybridized carbons (Fsp3) is 0.300. The second kappa shape index (κ2) is 5.99. The molecule has 1 aromatic heterocycles. The third-order valence-corrected chi connectivity index (χ3v) is 1.64. The van der Waals surface area contributed by atoms with Gasteiger partial charge < -0.3 is 15.8 Å². The molecular formula is C10H15N3O. The number of anilines is 1. The fourth-order valence-electron chi connectivity index (χ4n) is 0.970. The van der Waals surface area contributed by atoms with Gasteiger partial charge >= 0.3 is 0 Å². The average Bonchev–Trinajstić information content (AvgIpc) is 2.25. The molecule has 1 rings (SSSR count). The summed E-state index contributed by atoms with van der Waals surface area (Å²) >= 11 is 0. The zero-order valence-electron chi connectivity index (χ0n) is 8.23. The quantitative estimate of drug-likeness (QED) is 0.685. The van der Waals surface area contributed by atoms with Gasteiger partial charge in [0.1, 0.15) is 5.82 Å². The first-order valence-electron chi connectivity index (χ1n) is 4.47. The largest absolute Gasteiger partial charge is 0.481 e. The Balaban J connectivity index is 2.46. The zero-order valence-corrected chi connectivity index (χ0v) is 8.23. The van der Waals surface area contributed by atoms with Gasteiger partial charge in [0.05, 0.1) is 7.11 Å². The maximum atomic E-state index is 5.30. The van der Waals surface area contributed by atoms with Crippen LogP contribution in [0.15, 0.2) is 30.4 Å². The predicted octanol–water partition coefficient (Wildman–Crippen LogP) is 1.02. The Labute approximate surface area is 83.8 Å². The van der Waals surface area contributed by atoms with Crippen LogP contribution in [-0.2, 0) is 0 Å². The topological polar surface area (TPSA) is 60.2 Å². The molecule has 0 aliphatic rings. The van der Waals surface area contributed by atoms with E-state index < -0.39 is 0 Å². The molecule has 0 aliphatic carbocycles. The van der Waals surface area contributed by atoms with E-state index in [1.165, 1.54) is 0 Å². The molecule has 0 aromatic carbocycles. The highest BCUT2D eigenvalue weighted by molar-refractivity contribution is 5.37. The van der Waals surface area contributed by atoms with Crippen molar-refractivity contribution in [3.05, 3.63) is 30.4 Å². The van der Waals surface area contributed by atoms with Gasteiger partial charge in [0.25, 0.3) is 0 Å². The minimum absolute atomic E-state index is 0.563. The Kier molecular flexibility index (Phi) is 4.50. The van der Waals surface area contributed by atoms with Crippen LogP contribution < -0.4 is 15.8 Å². The third-order valence-electron chi connectivity index (χ3n) is 1.64. The molecule has 1 aromatic rings. The minimum Gasteiger partial charge on any atom is -0.481 e. The maximum Gasteiger partial charge on any atom is 0.214 e. The van der Waals surface area contributed by atoms with Crippen LogP contribution in [0.3, 0.4) is 0 Å². The van der Waals surface area contributed by atoms with Crippen molar-refractivity contribution in [3.8, 4) is 5.88 Å². The van der Waals surface area contributed by atoms with E-state index in [1.54, 1.807) is 13.2 Å². The van der Waals surface area contributed by atoms with Crippen LogP contribution >= 0.6 is 0 Å². The molecule has 0 radical (unpaired) electrons. The summed E-state index contributed by atoms with van der Waals surface area (Å²) in [6, 6.07) is 5.58. The van der Waals surface area contributed by atoms with Gasteiger partial charge in [0, 0.05) is 19.2 Å². The van der Waals surface area contributed by atoms with E-state index in [-0.39, 0.29) is 0 Å². The summed E-state index contributed by atoms with van der Waals surface area (Å²) in [5.74, 6) is 1.41. The summed E-state index contributed by atoms with van der Waals surface area (Å²) in [4.78, 5) is 4.19. The standard InChI is InChI=1S/C10H15N3O/c1-14-10-6-4-5-9(13-10)12-8-3-2-7-11/h2-6H,7-8,11H2,1H3,(H,12,13)/b3-2+. The van der Waals surface area contributed by atoms with Gasteiger partial charge in [-0.25, -0.2) is 0 Å². The van der Waals surface area contributed by atoms with E-state index in [0.29, 0.717) is 12.4 Å². The van der Waals surface area contributed by atoms with E-state index in [1.807, 2.05) is 24.3 Å². The van der Waals surface area contributed by atoms with Gasteiger partial charge in [0.2, 0.25) is 5.88 Å². The van der Waals surface area contributed by atoms with Crippen LogP contribution in [0.2, 0.25) is 0 Å². The highest BCUT2D eigenvalue weighted by atomic mass is 16.5. The highest BCUT2D eigenvalue weighted by Crippen LogP contribution is 2.09. The van der Waals surface area contributed by atoms with Crippen LogP contribution in [0.1, 0.15) is 0 Å². The normalized spacial score (nSPS) is 10.4. The number of hydrogen-bond donors (Lipinski definition) is 2. The van der Waals surface area contributed by atoms with Gasteiger partial charge in [-0.3, -0.25) is 0 Å². The first-order valence-corrected chi connectivity index (χ1v) is 4.47. The van der Waals surface area contributed by atoms with E-state index in [9.17, 15) is 0 Å². The van der Waals surface area contributed by atoms with Crippen molar-refractivity contribution in [1.29, 1.82) is 0 Å². The summed E-state index contributed by atoms with van der Waals surface area (Å²) in [6.07, 6.45) is 3.86. The molecule has 0 amide bonds. The van der Waals surface area contributed by atoms with Gasteiger partial charge in [-0.15, -0.1) is 0 Å². The van der Waals surface area contributed by atoms with Gasteiger partial charge in [-0.2, -0.15) is 4.98 Å². The summed E-state index contributed by atoms with van der Waals surface area (Å²) in [5, 5.41) is 3.12. The molecule has 0 bridgehead atoms. The van der Waals surface area contributed by atoms with Crippen molar-refractivity contribution < 1.29 is 4.74 Å². The average molecular weight is 193 g/mol. The lowest BCUT2D eigenvalue weighted by molar-refractivity contribution is 0.398. The highest BCUT2D eigenvalue weighted by Gasteiger charge is 1.93. The van der Waals surface area contributed by atoms with Crippen molar-refractivity contribution >= 4 is 5.82 Å². The van der Waals surface area contributed by atoms with Crippen molar-refractivity contribution in [3.63, 3.8) is 0 Å². The van der Waals surface area contributed by atoms with Crippen LogP contribution in [0, 0.1) is 0 Å². The number of nitrogens with two attached hydrogens (primary N) is 1. The number of hydrogen-bond acceptors (Lipinski definition) is 4. The lowest BCUT2D eigenvalue weighted by Crippen LogP contribution is -2.02. The summed E-state index contributed by atoms with van der Waals surface area (Å²) < 4.78 is 4.99. The monoisotopic (exact) mass is 193 g/mol. The smallest absolute Gasteiger partial charge is 0.214 e. The molecular weight excluding hydrogens is 178 g/mol. The fourth-order valence-corrected chi connectivity index (χ4v) is 0.970. The molecule has 1 heterocycles. The predicted molar refractivity (Wildman–Crippen MR) is 57.5 cm³/mol. The Bertz CT molecular complexity index is 299. The molecule has 0 saturated heterocycles. The van der Waals surface area contributed by atoms with E-state index >= 15 is 0 Å². The van der Waals surface area contributed by atoms with Crippen molar-refractivity contribution in [2.24, 2.45) is 5.73 Å². The van der Waals surface area contributed by atoms with Crippen molar-refractivity contribution in [2.45, 2.75) is 0 Å². The maximum absolute atomic E-state index is 5.30. The number of nitrogens with zero attached hydrogens (tertiary/aromatic N) is 1. The third kappa shape index (κ3) is 3.45. The molecule has 76 valence electrons. The minimum atomic E-state index is 0.563. The molecule has 14 heavy (non-hydrogen) atoms. The molecule has 0 fully saturated rings. The van der Waals surface area contributed by atoms with Crippen molar-refractivity contribution in [1.82, 2.24) is 4.98 Å². The van der Waals surface area contributed by atoms with Gasteiger partial charge in [0.15, 0.2) is 0 Å². The number of methoxy groups -OCH3 is 1. The summed E-state index contributed by atoms with van der Waals surface area (Å²) in [7, 11) is 1.60. The zero-order chi connectivity index (χ0) is 10.2. The molecule has 0 aliphatic heterocycles. The summed E-state index contributed by atoms with van der Waals surface area (Å²) in [5.41, 5.74) is 5.30. The van der Waals surface area contributed by atoms with Gasteiger partial charge in [-0.05, 0) is 6.07 Å². The van der Waals surface area contributed by atoms with E-state index in [4.69, 9.17) is 10.5 Å². The molecule has 0 spiro atoms. The van der Waals surface area contributed by atoms with Gasteiger partial charge in [-0.1, -0.05) is 18.2 Å². The Morgan fingerprint density at radius 3 is 3.07 bits per heavy atom. The number of aromatic nitrogens is 1. The molecule has 4 heteroatoms. The molecule has 3 N–H and O–H groups in total. The SMILES string of the molecule is COc1cccc(NC/C=C/CN)n1. The lowest BCUT2D eigenvalue weighted by atomic mass is 10.4. The second-order valence-corrected chi connectivity index (χ2v) is 2.65. The Hall–Kier alpha value is -1.55. The van der Waals surface area contributed by atoms with E-state index in [0.717, 1.165) is 12.4 Å². The van der Waals surface area contributed by atoms with Crippen LogP contribution in [-0.4, -0.2) is 25.2 Å². The van der Waals surface area contributed by atoms with Crippen LogP contribution in [0.5, 0.6) is 5.88 Å². The van der Waals surface area contributed by atoms with E-state index in [2.05, 4.69) is 10.3 Å². The Morgan fingerprint density at radius 1 is 1.50 bits per heavy atom. The number of ether oxygens (including phenoxy) is 1. The number of pyridine rings is 1. The molecule has 4 nitrogen and oxygen atoms in total. The number of nitrogens with one attached hydrogen (secondary N) is 1. The first kappa shape index (κ1) is 10.5. The van der Waals surface area contributed by atoms with Crippen LogP contribution in [0.4, 0.5) is 5.82 Å². The number of rotatable bonds is 5. The first-order chi connectivity index (χ1) is 6.86. The van der Waals surface area contributed by atoms with Crippen molar-refractivity contribution in [2.75, 3.05) is 25.5 Å².